The Kier molecular flexibility index (Phi) is 6.25. The summed E-state index contributed by atoms with van der Waals surface area (Å²) in [7, 11) is 0. The number of nitrogens with zero attached hydrogens (tertiary/aromatic N) is 4. The van der Waals surface area contributed by atoms with E-state index in [2.05, 4.69) is 71.1 Å². The number of hydrogen-bond acceptors (Lipinski definition) is 5. The van der Waals surface area contributed by atoms with Crippen LogP contribution in [0.3, 0.4) is 0 Å². The van der Waals surface area contributed by atoms with Crippen molar-refractivity contribution in [3.63, 3.8) is 0 Å². The molecule has 35 heavy (non-hydrogen) atoms. The lowest BCUT2D eigenvalue weighted by Crippen LogP contribution is -2.41. The molecule has 1 N–H and O–H groups in total. The van der Waals surface area contributed by atoms with Gasteiger partial charge in [-0.05, 0) is 68.2 Å². The number of thioether (sulfide) groups is 1. The van der Waals surface area contributed by atoms with Crippen molar-refractivity contribution in [3.8, 4) is 5.69 Å². The van der Waals surface area contributed by atoms with Crippen LogP contribution >= 0.6 is 23.7 Å². The third-order valence-electron chi connectivity index (χ3n) is 6.08. The zero-order valence-corrected chi connectivity index (χ0v) is 21.6. The summed E-state index contributed by atoms with van der Waals surface area (Å²) in [6, 6.07) is 18.6. The Morgan fingerprint density at radius 1 is 1.06 bits per heavy atom. The molecular formula is C27H25N5OS2. The zero-order chi connectivity index (χ0) is 24.7. The molecule has 0 saturated carbocycles. The molecule has 5 rings (SSSR count). The summed E-state index contributed by atoms with van der Waals surface area (Å²) in [5, 5.41) is 9.97. The number of amides is 1. The molecule has 0 bridgehead atoms. The van der Waals surface area contributed by atoms with E-state index in [-0.39, 0.29) is 11.4 Å². The zero-order valence-electron chi connectivity index (χ0n) is 20.0. The number of rotatable bonds is 4. The molecule has 2 aliphatic heterocycles. The number of carbonyl (C=O) groups excluding carboxylic acids is 1. The minimum absolute atomic E-state index is 0.112. The summed E-state index contributed by atoms with van der Waals surface area (Å²) in [4.78, 5) is 18.8. The minimum atomic E-state index is -0.408. The van der Waals surface area contributed by atoms with Gasteiger partial charge >= 0.3 is 0 Å². The van der Waals surface area contributed by atoms with Crippen molar-refractivity contribution in [2.45, 2.75) is 33.4 Å². The lowest BCUT2D eigenvalue weighted by molar-refractivity contribution is -0.114. The Morgan fingerprint density at radius 3 is 2.60 bits per heavy atom. The second-order valence-corrected chi connectivity index (χ2v) is 10.3. The van der Waals surface area contributed by atoms with Gasteiger partial charge in [0.05, 0.1) is 17.5 Å². The van der Waals surface area contributed by atoms with Gasteiger partial charge in [0.25, 0.3) is 5.91 Å². The van der Waals surface area contributed by atoms with Crippen molar-refractivity contribution in [2.75, 3.05) is 0 Å². The molecule has 0 atom stereocenters. The molecular weight excluding hydrogens is 474 g/mol. The highest BCUT2D eigenvalue weighted by atomic mass is 32.2. The largest absolute Gasteiger partial charge is 0.318 e. The second-order valence-electron chi connectivity index (χ2n) is 8.63. The standard InChI is InChI=1S/C27H25N5OS2/c1-16-10-11-17(2)23(12-16)31-18(3)13-21(19(31)4)14-22-24(28)32-26(29-25(22)33)35-30-27(32)34-15-20-8-6-5-7-9-20/h5-14,28H,15H2,1-4H3/b22-14+,28-24?. The quantitative estimate of drug-likeness (QED) is 0.342. The highest BCUT2D eigenvalue weighted by Crippen LogP contribution is 2.34. The molecule has 1 aromatic heterocycles. The van der Waals surface area contributed by atoms with Crippen LogP contribution in [0.25, 0.3) is 11.8 Å². The summed E-state index contributed by atoms with van der Waals surface area (Å²) >= 11 is 2.68. The number of benzene rings is 2. The monoisotopic (exact) mass is 499 g/mol. The van der Waals surface area contributed by atoms with E-state index in [1.54, 1.807) is 11.0 Å². The maximum absolute atomic E-state index is 12.9. The Labute approximate surface area is 213 Å². The van der Waals surface area contributed by atoms with E-state index in [9.17, 15) is 4.79 Å². The van der Waals surface area contributed by atoms with Gasteiger partial charge in [-0.25, -0.2) is 4.90 Å². The molecule has 1 amide bonds. The van der Waals surface area contributed by atoms with E-state index >= 15 is 0 Å². The first-order valence-electron chi connectivity index (χ1n) is 11.3. The second kappa shape index (κ2) is 9.36. The van der Waals surface area contributed by atoms with E-state index in [4.69, 9.17) is 5.41 Å². The van der Waals surface area contributed by atoms with E-state index in [0.717, 1.165) is 40.3 Å². The van der Waals surface area contributed by atoms with Gasteiger partial charge in [-0.3, -0.25) is 10.2 Å². The van der Waals surface area contributed by atoms with Gasteiger partial charge in [0.1, 0.15) is 5.84 Å². The predicted molar refractivity (Wildman–Crippen MR) is 147 cm³/mol. The van der Waals surface area contributed by atoms with E-state index in [1.165, 1.54) is 28.5 Å². The number of fused-ring (bicyclic) bond motifs is 1. The molecule has 8 heteroatoms. The first-order chi connectivity index (χ1) is 16.8. The average molecular weight is 500 g/mol. The molecule has 0 unspecified atom stereocenters. The Hall–Kier alpha value is -3.36. The van der Waals surface area contributed by atoms with Gasteiger partial charge in [-0.15, -0.1) is 0 Å². The first-order valence-corrected chi connectivity index (χ1v) is 13.0. The number of hydrogen-bond donors (Lipinski definition) is 1. The summed E-state index contributed by atoms with van der Waals surface area (Å²) in [5.74, 6) is 0.428. The van der Waals surface area contributed by atoms with Crippen LogP contribution in [0.2, 0.25) is 0 Å². The summed E-state index contributed by atoms with van der Waals surface area (Å²) in [6.07, 6.45) is 1.79. The molecule has 0 spiro atoms. The molecule has 0 fully saturated rings. The van der Waals surface area contributed by atoms with Gasteiger partial charge < -0.3 is 4.57 Å². The number of amidine groups is 3. The molecule has 3 aromatic rings. The average Bonchev–Trinajstić information content (AvgIpc) is 3.37. The first kappa shape index (κ1) is 23.4. The molecule has 2 aromatic carbocycles. The highest BCUT2D eigenvalue weighted by Gasteiger charge is 2.37. The van der Waals surface area contributed by atoms with Crippen LogP contribution in [0.4, 0.5) is 0 Å². The van der Waals surface area contributed by atoms with Crippen LogP contribution in [0.15, 0.2) is 69.6 Å². The number of carbonyl (C=O) groups is 1. The van der Waals surface area contributed by atoms with Crippen LogP contribution in [-0.2, 0) is 10.5 Å². The maximum Gasteiger partial charge on any atom is 0.283 e. The molecule has 0 radical (unpaired) electrons. The predicted octanol–water partition coefficient (Wildman–Crippen LogP) is 6.22. The van der Waals surface area contributed by atoms with Gasteiger partial charge in [0.2, 0.25) is 5.17 Å². The minimum Gasteiger partial charge on any atom is -0.318 e. The molecule has 6 nitrogen and oxygen atoms in total. The van der Waals surface area contributed by atoms with Gasteiger partial charge in [-0.1, -0.05) is 54.2 Å². The van der Waals surface area contributed by atoms with Crippen molar-refractivity contribution in [1.82, 2.24) is 9.47 Å². The Balaban J connectivity index is 1.46. The van der Waals surface area contributed by atoms with E-state index in [1.807, 2.05) is 25.1 Å². The van der Waals surface area contributed by atoms with Crippen LogP contribution in [-0.4, -0.2) is 31.5 Å². The number of aromatic nitrogens is 1. The maximum atomic E-state index is 12.9. The molecule has 3 heterocycles. The number of aliphatic imine (C=N–C) groups is 1. The van der Waals surface area contributed by atoms with Crippen molar-refractivity contribution in [1.29, 1.82) is 5.41 Å². The molecule has 0 aliphatic carbocycles. The smallest absolute Gasteiger partial charge is 0.283 e. The SMILES string of the molecule is Cc1ccc(C)c(-n2c(C)cc(/C=C3\C(=N)N4C(SCc5ccccc5)=NSC4=NC3=O)c2C)c1. The third-order valence-corrected chi connectivity index (χ3v) is 7.91. The Bertz CT molecular complexity index is 1450. The topological polar surface area (TPSA) is 73.8 Å². The van der Waals surface area contributed by atoms with Crippen LogP contribution in [0.1, 0.15) is 33.6 Å². The van der Waals surface area contributed by atoms with Crippen molar-refractivity contribution in [2.24, 2.45) is 9.39 Å². The molecule has 2 aliphatic rings. The fraction of sp³-hybridized carbons (Fsp3) is 0.185. The Morgan fingerprint density at radius 2 is 1.83 bits per heavy atom. The van der Waals surface area contributed by atoms with Crippen LogP contribution in [0.5, 0.6) is 0 Å². The van der Waals surface area contributed by atoms with Gasteiger partial charge in [0.15, 0.2) is 5.17 Å². The van der Waals surface area contributed by atoms with E-state index < -0.39 is 5.91 Å². The fourth-order valence-corrected chi connectivity index (χ4v) is 6.04. The lowest BCUT2D eigenvalue weighted by Gasteiger charge is -2.24. The number of nitrogens with one attached hydrogen (secondary N) is 1. The molecule has 176 valence electrons. The summed E-state index contributed by atoms with van der Waals surface area (Å²) < 4.78 is 6.69. The van der Waals surface area contributed by atoms with Crippen LogP contribution < -0.4 is 0 Å². The van der Waals surface area contributed by atoms with E-state index in [0.29, 0.717) is 10.3 Å². The summed E-state index contributed by atoms with van der Waals surface area (Å²) in [6.45, 7) is 8.28. The fourth-order valence-electron chi connectivity index (χ4n) is 4.24. The summed E-state index contributed by atoms with van der Waals surface area (Å²) in [5.41, 5.74) is 7.92. The van der Waals surface area contributed by atoms with Crippen molar-refractivity contribution < 1.29 is 4.79 Å². The third kappa shape index (κ3) is 4.39. The normalized spacial score (nSPS) is 16.6. The molecule has 0 saturated heterocycles. The van der Waals surface area contributed by atoms with Crippen molar-refractivity contribution >= 4 is 51.9 Å². The lowest BCUT2D eigenvalue weighted by atomic mass is 10.1. The number of aryl methyl sites for hydroxylation is 3. The van der Waals surface area contributed by atoms with Crippen molar-refractivity contribution in [3.05, 3.63) is 93.8 Å². The van der Waals surface area contributed by atoms with Gasteiger partial charge in [-0.2, -0.15) is 9.39 Å². The van der Waals surface area contributed by atoms with Gasteiger partial charge in [0, 0.05) is 22.8 Å². The van der Waals surface area contributed by atoms with Crippen LogP contribution in [0, 0.1) is 33.1 Å². The highest BCUT2D eigenvalue weighted by molar-refractivity contribution is 8.18.